The Bertz CT molecular complexity index is 1340. The molecule has 1 saturated heterocycles. The average molecular weight is 498 g/mol. The van der Waals surface area contributed by atoms with Gasteiger partial charge in [0.1, 0.15) is 16.4 Å². The summed E-state index contributed by atoms with van der Waals surface area (Å²) in [5.74, 6) is 0.607. The van der Waals surface area contributed by atoms with E-state index in [1.165, 1.54) is 42.5 Å². The molecule has 1 aliphatic rings. The number of piperazine rings is 1. The molecule has 182 valence electrons. The molecule has 0 aliphatic carbocycles. The molecule has 0 atom stereocenters. The zero-order valence-electron chi connectivity index (χ0n) is 18.9. The van der Waals surface area contributed by atoms with Crippen LogP contribution >= 0.6 is 0 Å². The van der Waals surface area contributed by atoms with Gasteiger partial charge in [0.15, 0.2) is 0 Å². The van der Waals surface area contributed by atoms with Crippen molar-refractivity contribution < 1.29 is 27.1 Å². The smallest absolute Gasteiger partial charge is 0.339 e. The van der Waals surface area contributed by atoms with E-state index in [0.29, 0.717) is 31.7 Å². The summed E-state index contributed by atoms with van der Waals surface area (Å²) < 4.78 is 35.4. The van der Waals surface area contributed by atoms with Crippen LogP contribution < -0.4 is 13.8 Å². The number of nitro benzene ring substituents is 1. The number of carbonyl (C=O) groups excluding carboxylic acids is 1. The quantitative estimate of drug-likeness (QED) is 0.277. The van der Waals surface area contributed by atoms with E-state index < -0.39 is 15.0 Å². The van der Waals surface area contributed by atoms with Crippen molar-refractivity contribution >= 4 is 27.4 Å². The van der Waals surface area contributed by atoms with Gasteiger partial charge in [-0.15, -0.1) is 0 Å². The highest BCUT2D eigenvalue weighted by Gasteiger charge is 2.24. The fourth-order valence-electron chi connectivity index (χ4n) is 3.74. The van der Waals surface area contributed by atoms with Crippen LogP contribution in [0, 0.1) is 10.1 Å². The molecule has 11 heteroatoms. The third-order valence-corrected chi connectivity index (χ3v) is 6.85. The van der Waals surface area contributed by atoms with Gasteiger partial charge in [0.25, 0.3) is 11.6 Å². The molecule has 35 heavy (non-hydrogen) atoms. The fourth-order valence-corrected chi connectivity index (χ4v) is 4.71. The summed E-state index contributed by atoms with van der Waals surface area (Å²) in [5.41, 5.74) is 1.07. The molecular weight excluding hydrogens is 474 g/mol. The number of nitro groups is 1. The van der Waals surface area contributed by atoms with Gasteiger partial charge in [-0.3, -0.25) is 14.9 Å². The van der Waals surface area contributed by atoms with Crippen molar-refractivity contribution in [3.63, 3.8) is 0 Å². The van der Waals surface area contributed by atoms with E-state index in [0.717, 1.165) is 17.5 Å². The second-order valence-electron chi connectivity index (χ2n) is 7.80. The van der Waals surface area contributed by atoms with Crippen LogP contribution in [0.1, 0.15) is 10.4 Å². The molecule has 1 fully saturated rings. The maximum absolute atomic E-state index is 12.9. The van der Waals surface area contributed by atoms with Gasteiger partial charge in [0.2, 0.25) is 0 Å². The molecule has 1 aliphatic heterocycles. The Morgan fingerprint density at radius 2 is 1.60 bits per heavy atom. The van der Waals surface area contributed by atoms with Crippen molar-refractivity contribution in [3.8, 4) is 11.5 Å². The Kier molecular flexibility index (Phi) is 6.87. The first-order valence-corrected chi connectivity index (χ1v) is 12.1. The zero-order chi connectivity index (χ0) is 25.0. The number of anilines is 1. The molecule has 4 rings (SSSR count). The van der Waals surface area contributed by atoms with Crippen LogP contribution in [0.4, 0.5) is 11.4 Å². The molecule has 0 bridgehead atoms. The molecule has 0 saturated carbocycles. The van der Waals surface area contributed by atoms with Crippen LogP contribution in [0.15, 0.2) is 77.7 Å². The highest BCUT2D eigenvalue weighted by molar-refractivity contribution is 7.87. The minimum Gasteiger partial charge on any atom is -0.497 e. The normalized spacial score (nSPS) is 13.9. The molecule has 3 aromatic carbocycles. The van der Waals surface area contributed by atoms with E-state index in [4.69, 9.17) is 8.92 Å². The molecule has 0 N–H and O–H groups in total. The Balaban J connectivity index is 1.38. The Labute approximate surface area is 202 Å². The summed E-state index contributed by atoms with van der Waals surface area (Å²) in [7, 11) is -2.65. The largest absolute Gasteiger partial charge is 0.497 e. The number of amides is 1. The topological polar surface area (TPSA) is 119 Å². The van der Waals surface area contributed by atoms with Crippen molar-refractivity contribution in [2.45, 2.75) is 4.90 Å². The molecule has 0 radical (unpaired) electrons. The SMILES string of the molecule is COc1cccc(N2CCN(C(=O)c3ccc(OS(=O)(=O)c4cccc([N+](=O)[O-])c4)cc3)CC2)c1. The summed E-state index contributed by atoms with van der Waals surface area (Å²) in [4.78, 5) is 26.7. The first-order valence-electron chi connectivity index (χ1n) is 10.7. The molecule has 10 nitrogen and oxygen atoms in total. The Hall–Kier alpha value is -4.12. The van der Waals surface area contributed by atoms with E-state index in [1.807, 2.05) is 24.3 Å². The van der Waals surface area contributed by atoms with Crippen molar-refractivity contribution in [3.05, 3.63) is 88.5 Å². The Morgan fingerprint density at radius 3 is 2.26 bits per heavy atom. The number of benzene rings is 3. The van der Waals surface area contributed by atoms with E-state index >= 15 is 0 Å². The predicted molar refractivity (Wildman–Crippen MR) is 128 cm³/mol. The second-order valence-corrected chi connectivity index (χ2v) is 9.34. The van der Waals surface area contributed by atoms with Gasteiger partial charge in [0.05, 0.1) is 12.0 Å². The first kappa shape index (κ1) is 24.0. The van der Waals surface area contributed by atoms with E-state index in [9.17, 15) is 23.3 Å². The number of carbonyl (C=O) groups is 1. The molecule has 1 heterocycles. The van der Waals surface area contributed by atoms with Crippen molar-refractivity contribution in [1.29, 1.82) is 0 Å². The second kappa shape index (κ2) is 10.0. The van der Waals surface area contributed by atoms with Gasteiger partial charge >= 0.3 is 10.1 Å². The molecule has 0 spiro atoms. The minimum absolute atomic E-state index is 0.00380. The lowest BCUT2D eigenvalue weighted by Crippen LogP contribution is -2.48. The number of hydrogen-bond acceptors (Lipinski definition) is 8. The van der Waals surface area contributed by atoms with Gasteiger partial charge in [-0.2, -0.15) is 8.42 Å². The standard InChI is InChI=1S/C24H23N3O7S/c1-33-22-6-2-4-19(16-22)25-12-14-26(15-13-25)24(28)18-8-10-21(11-9-18)34-35(31,32)23-7-3-5-20(17-23)27(29)30/h2-11,16-17H,12-15H2,1H3. The highest BCUT2D eigenvalue weighted by atomic mass is 32.2. The van der Waals surface area contributed by atoms with Crippen LogP contribution in [0.3, 0.4) is 0 Å². The van der Waals surface area contributed by atoms with E-state index in [-0.39, 0.29) is 22.2 Å². The van der Waals surface area contributed by atoms with Crippen LogP contribution in [-0.4, -0.2) is 57.4 Å². The lowest BCUT2D eigenvalue weighted by atomic mass is 10.1. The number of non-ortho nitro benzene ring substituents is 1. The maximum Gasteiger partial charge on any atom is 0.339 e. The summed E-state index contributed by atoms with van der Waals surface area (Å²) in [6.07, 6.45) is 0. The van der Waals surface area contributed by atoms with Crippen LogP contribution in [0.5, 0.6) is 11.5 Å². The predicted octanol–water partition coefficient (Wildman–Crippen LogP) is 3.33. The molecular formula is C24H23N3O7S. The van der Waals surface area contributed by atoms with Gasteiger partial charge in [0, 0.05) is 55.6 Å². The molecule has 3 aromatic rings. The average Bonchev–Trinajstić information content (AvgIpc) is 2.88. The van der Waals surface area contributed by atoms with Crippen LogP contribution in [0.25, 0.3) is 0 Å². The van der Waals surface area contributed by atoms with Crippen molar-refractivity contribution in [2.24, 2.45) is 0 Å². The number of rotatable bonds is 7. The zero-order valence-corrected chi connectivity index (χ0v) is 19.7. The lowest BCUT2D eigenvalue weighted by Gasteiger charge is -2.36. The van der Waals surface area contributed by atoms with Gasteiger partial charge in [-0.1, -0.05) is 12.1 Å². The summed E-state index contributed by atoms with van der Waals surface area (Å²) in [6, 6.07) is 18.1. The third-order valence-electron chi connectivity index (χ3n) is 5.61. The van der Waals surface area contributed by atoms with Crippen molar-refractivity contribution in [2.75, 3.05) is 38.2 Å². The minimum atomic E-state index is -4.27. The lowest BCUT2D eigenvalue weighted by molar-refractivity contribution is -0.385. The number of nitrogens with zero attached hydrogens (tertiary/aromatic N) is 3. The van der Waals surface area contributed by atoms with Crippen molar-refractivity contribution in [1.82, 2.24) is 4.90 Å². The highest BCUT2D eigenvalue weighted by Crippen LogP contribution is 2.24. The van der Waals surface area contributed by atoms with E-state index in [1.54, 1.807) is 12.0 Å². The number of hydrogen-bond donors (Lipinski definition) is 0. The van der Waals surface area contributed by atoms with Crippen LogP contribution in [-0.2, 0) is 10.1 Å². The summed E-state index contributed by atoms with van der Waals surface area (Å²) in [5, 5.41) is 10.9. The van der Waals surface area contributed by atoms with Gasteiger partial charge < -0.3 is 18.7 Å². The third kappa shape index (κ3) is 5.52. The van der Waals surface area contributed by atoms with Gasteiger partial charge in [-0.05, 0) is 42.5 Å². The van der Waals surface area contributed by atoms with E-state index in [2.05, 4.69) is 4.90 Å². The molecule has 1 amide bonds. The Morgan fingerprint density at radius 1 is 0.914 bits per heavy atom. The molecule has 0 unspecified atom stereocenters. The summed E-state index contributed by atoms with van der Waals surface area (Å²) >= 11 is 0. The molecule has 0 aromatic heterocycles. The fraction of sp³-hybridized carbons (Fsp3) is 0.208. The van der Waals surface area contributed by atoms with Gasteiger partial charge in [-0.25, -0.2) is 0 Å². The monoisotopic (exact) mass is 497 g/mol. The van der Waals surface area contributed by atoms with Crippen LogP contribution in [0.2, 0.25) is 0 Å². The number of ether oxygens (including phenoxy) is 1. The maximum atomic E-state index is 12.9. The number of methoxy groups -OCH3 is 1. The summed E-state index contributed by atoms with van der Waals surface area (Å²) in [6.45, 7) is 2.41. The first-order chi connectivity index (χ1) is 16.8.